The van der Waals surface area contributed by atoms with Gasteiger partial charge in [0.15, 0.2) is 0 Å². The van der Waals surface area contributed by atoms with E-state index in [1.54, 1.807) is 21.3 Å². The number of rotatable bonds is 6. The van der Waals surface area contributed by atoms with E-state index in [1.165, 1.54) is 0 Å². The first-order valence-corrected chi connectivity index (χ1v) is 11.1. The van der Waals surface area contributed by atoms with Gasteiger partial charge >= 0.3 is 0 Å². The van der Waals surface area contributed by atoms with E-state index in [9.17, 15) is 4.79 Å². The molecule has 1 aromatic heterocycles. The Bertz CT molecular complexity index is 1370. The number of aromatic nitrogens is 2. The highest BCUT2D eigenvalue weighted by molar-refractivity contribution is 6.09. The van der Waals surface area contributed by atoms with E-state index in [1.807, 2.05) is 67.3 Å². The molecule has 0 atom stereocenters. The fourth-order valence-corrected chi connectivity index (χ4v) is 4.51. The molecule has 0 aliphatic carbocycles. The lowest BCUT2D eigenvalue weighted by Gasteiger charge is -2.21. The van der Waals surface area contributed by atoms with Crippen LogP contribution in [-0.2, 0) is 16.8 Å². The largest absolute Gasteiger partial charge is 0.497 e. The average Bonchev–Trinajstić information content (AvgIpc) is 3.35. The van der Waals surface area contributed by atoms with Crippen molar-refractivity contribution >= 4 is 22.6 Å². The van der Waals surface area contributed by atoms with Gasteiger partial charge < -0.3 is 24.1 Å². The minimum atomic E-state index is -0.655. The molecule has 1 aliphatic rings. The summed E-state index contributed by atoms with van der Waals surface area (Å²) >= 11 is 0. The summed E-state index contributed by atoms with van der Waals surface area (Å²) in [6.07, 6.45) is 0. The Morgan fingerprint density at radius 2 is 1.53 bits per heavy atom. The SMILES string of the molecule is COc1ccc(-c2nc3cc4c(cc3[nH]2)C(C)(C)C(=O)N4Cc2cc(OC)cc(OC)c2)cc1. The van der Waals surface area contributed by atoms with Crippen molar-refractivity contribution in [3.8, 4) is 28.6 Å². The Kier molecular flexibility index (Phi) is 5.20. The number of aromatic amines is 1. The Hall–Kier alpha value is -4.00. The normalized spacial score (nSPS) is 14.4. The van der Waals surface area contributed by atoms with Gasteiger partial charge in [-0.05, 0) is 73.5 Å². The highest BCUT2D eigenvalue weighted by Crippen LogP contribution is 2.44. The number of hydrogen-bond acceptors (Lipinski definition) is 5. The van der Waals surface area contributed by atoms with Crippen molar-refractivity contribution in [1.82, 2.24) is 9.97 Å². The lowest BCUT2D eigenvalue weighted by atomic mass is 9.86. The average molecular weight is 458 g/mol. The minimum Gasteiger partial charge on any atom is -0.497 e. The molecule has 1 amide bonds. The van der Waals surface area contributed by atoms with Crippen molar-refractivity contribution in [2.45, 2.75) is 25.8 Å². The highest BCUT2D eigenvalue weighted by Gasteiger charge is 2.44. The summed E-state index contributed by atoms with van der Waals surface area (Å²) in [7, 11) is 4.88. The third kappa shape index (κ3) is 3.53. The Morgan fingerprint density at radius 3 is 2.15 bits per heavy atom. The summed E-state index contributed by atoms with van der Waals surface area (Å²) in [5.41, 5.74) is 4.79. The van der Waals surface area contributed by atoms with E-state index in [-0.39, 0.29) is 5.91 Å². The van der Waals surface area contributed by atoms with Gasteiger partial charge in [0.25, 0.3) is 0 Å². The Balaban J connectivity index is 1.56. The van der Waals surface area contributed by atoms with Crippen LogP contribution in [0, 0.1) is 0 Å². The van der Waals surface area contributed by atoms with Gasteiger partial charge in [-0.25, -0.2) is 4.98 Å². The van der Waals surface area contributed by atoms with E-state index in [2.05, 4.69) is 11.1 Å². The third-order valence-corrected chi connectivity index (χ3v) is 6.46. The second-order valence-corrected chi connectivity index (χ2v) is 8.94. The molecule has 4 aromatic rings. The number of nitrogens with zero attached hydrogens (tertiary/aromatic N) is 2. The molecule has 1 aliphatic heterocycles. The van der Waals surface area contributed by atoms with E-state index >= 15 is 0 Å². The smallest absolute Gasteiger partial charge is 0.237 e. The molecule has 2 heterocycles. The molecule has 0 unspecified atom stereocenters. The predicted octanol–water partition coefficient (Wildman–Crippen LogP) is 5.08. The van der Waals surface area contributed by atoms with Gasteiger partial charge in [0, 0.05) is 11.6 Å². The van der Waals surface area contributed by atoms with Crippen LogP contribution in [0.3, 0.4) is 0 Å². The molecule has 7 nitrogen and oxygen atoms in total. The van der Waals surface area contributed by atoms with Crippen molar-refractivity contribution in [2.75, 3.05) is 26.2 Å². The van der Waals surface area contributed by atoms with Gasteiger partial charge in [0.05, 0.1) is 50.0 Å². The molecule has 0 bridgehead atoms. The van der Waals surface area contributed by atoms with Crippen molar-refractivity contribution in [2.24, 2.45) is 0 Å². The van der Waals surface area contributed by atoms with Crippen LogP contribution in [0.1, 0.15) is 25.0 Å². The molecular weight excluding hydrogens is 430 g/mol. The fourth-order valence-electron chi connectivity index (χ4n) is 4.51. The van der Waals surface area contributed by atoms with Crippen LogP contribution >= 0.6 is 0 Å². The van der Waals surface area contributed by atoms with Crippen LogP contribution in [-0.4, -0.2) is 37.2 Å². The molecule has 1 N–H and O–H groups in total. The first-order valence-electron chi connectivity index (χ1n) is 11.1. The maximum Gasteiger partial charge on any atom is 0.237 e. The molecule has 7 heteroatoms. The molecule has 0 spiro atoms. The number of hydrogen-bond donors (Lipinski definition) is 1. The summed E-state index contributed by atoms with van der Waals surface area (Å²) in [5, 5.41) is 0. The standard InChI is InChI=1S/C27H27N3O4/c1-27(2)21-13-22-23(29-25(28-22)17-6-8-18(32-3)9-7-17)14-24(21)30(26(27)31)15-16-10-19(33-4)12-20(11-16)34-5/h6-14H,15H2,1-5H3,(H,28,29). The van der Waals surface area contributed by atoms with Gasteiger partial charge in [0.1, 0.15) is 23.1 Å². The maximum atomic E-state index is 13.5. The van der Waals surface area contributed by atoms with E-state index in [0.29, 0.717) is 18.0 Å². The molecule has 34 heavy (non-hydrogen) atoms. The topological polar surface area (TPSA) is 76.7 Å². The van der Waals surface area contributed by atoms with Crippen molar-refractivity contribution in [3.05, 3.63) is 65.7 Å². The zero-order valence-corrected chi connectivity index (χ0v) is 19.9. The van der Waals surface area contributed by atoms with Gasteiger partial charge in [-0.2, -0.15) is 0 Å². The summed E-state index contributed by atoms with van der Waals surface area (Å²) in [6, 6.07) is 17.5. The first kappa shape index (κ1) is 21.8. The number of methoxy groups -OCH3 is 3. The molecule has 5 rings (SSSR count). The summed E-state index contributed by atoms with van der Waals surface area (Å²) in [6.45, 7) is 4.34. The Labute approximate surface area is 198 Å². The van der Waals surface area contributed by atoms with E-state index in [4.69, 9.17) is 19.2 Å². The van der Waals surface area contributed by atoms with Crippen LogP contribution < -0.4 is 19.1 Å². The summed E-state index contributed by atoms with van der Waals surface area (Å²) in [5.74, 6) is 2.99. The first-order chi connectivity index (χ1) is 16.3. The molecule has 0 saturated carbocycles. The van der Waals surface area contributed by atoms with Crippen LogP contribution in [0.5, 0.6) is 17.2 Å². The number of fused-ring (bicyclic) bond motifs is 2. The van der Waals surface area contributed by atoms with Gasteiger partial charge in [-0.1, -0.05) is 0 Å². The monoisotopic (exact) mass is 457 g/mol. The van der Waals surface area contributed by atoms with Crippen LogP contribution in [0.25, 0.3) is 22.4 Å². The molecule has 0 saturated heterocycles. The lowest BCUT2D eigenvalue weighted by molar-refractivity contribution is -0.122. The summed E-state index contributed by atoms with van der Waals surface area (Å²) in [4.78, 5) is 23.5. The second kappa shape index (κ2) is 8.09. The zero-order valence-electron chi connectivity index (χ0n) is 19.9. The number of carbonyl (C=O) groups is 1. The van der Waals surface area contributed by atoms with Crippen LogP contribution in [0.2, 0.25) is 0 Å². The van der Waals surface area contributed by atoms with Gasteiger partial charge in [0.2, 0.25) is 5.91 Å². The van der Waals surface area contributed by atoms with Crippen LogP contribution in [0.15, 0.2) is 54.6 Å². The van der Waals surface area contributed by atoms with Crippen molar-refractivity contribution in [1.29, 1.82) is 0 Å². The number of benzene rings is 3. The van der Waals surface area contributed by atoms with Crippen molar-refractivity contribution < 1.29 is 19.0 Å². The van der Waals surface area contributed by atoms with Crippen molar-refractivity contribution in [3.63, 3.8) is 0 Å². The minimum absolute atomic E-state index is 0.0484. The number of anilines is 1. The van der Waals surface area contributed by atoms with Crippen LogP contribution in [0.4, 0.5) is 5.69 Å². The number of imidazole rings is 1. The van der Waals surface area contributed by atoms with E-state index in [0.717, 1.165) is 45.0 Å². The number of H-pyrrole nitrogens is 1. The quantitative estimate of drug-likeness (QED) is 0.437. The molecule has 0 fully saturated rings. The molecular formula is C27H27N3O4. The number of nitrogens with one attached hydrogen (secondary N) is 1. The lowest BCUT2D eigenvalue weighted by Crippen LogP contribution is -2.35. The molecule has 3 aromatic carbocycles. The summed E-state index contributed by atoms with van der Waals surface area (Å²) < 4.78 is 16.1. The predicted molar refractivity (Wildman–Crippen MR) is 132 cm³/mol. The zero-order chi connectivity index (χ0) is 24.0. The number of amides is 1. The van der Waals surface area contributed by atoms with Gasteiger partial charge in [-0.15, -0.1) is 0 Å². The number of carbonyl (C=O) groups excluding carboxylic acids is 1. The fraction of sp³-hybridized carbons (Fsp3) is 0.259. The number of ether oxygens (including phenoxy) is 3. The maximum absolute atomic E-state index is 13.5. The third-order valence-electron chi connectivity index (χ3n) is 6.46. The van der Waals surface area contributed by atoms with Gasteiger partial charge in [-0.3, -0.25) is 4.79 Å². The highest BCUT2D eigenvalue weighted by atomic mass is 16.5. The molecule has 0 radical (unpaired) electrons. The Morgan fingerprint density at radius 1 is 0.882 bits per heavy atom. The second-order valence-electron chi connectivity index (χ2n) is 8.94. The van der Waals surface area contributed by atoms with E-state index < -0.39 is 5.41 Å². The molecule has 174 valence electrons.